The third-order valence-electron chi connectivity index (χ3n) is 3.93. The fraction of sp³-hybridized carbons (Fsp3) is 0.533. The maximum atomic E-state index is 10.4. The van der Waals surface area contributed by atoms with Gasteiger partial charge in [0, 0.05) is 37.1 Å². The minimum absolute atomic E-state index is 0.506. The van der Waals surface area contributed by atoms with Gasteiger partial charge in [-0.05, 0) is 37.7 Å². The molecule has 108 valence electrons. The second-order valence-corrected chi connectivity index (χ2v) is 5.51. The molecule has 1 aromatic rings. The van der Waals surface area contributed by atoms with Gasteiger partial charge < -0.3 is 10.0 Å². The fourth-order valence-electron chi connectivity index (χ4n) is 2.56. The van der Waals surface area contributed by atoms with Crippen LogP contribution in [0.4, 0.5) is 5.95 Å². The molecule has 1 fully saturated rings. The van der Waals surface area contributed by atoms with Crippen LogP contribution in [0.15, 0.2) is 18.5 Å². The zero-order valence-electron chi connectivity index (χ0n) is 12.0. The molecule has 1 N–H and O–H groups in total. The van der Waals surface area contributed by atoms with Gasteiger partial charge in [-0.2, -0.15) is 0 Å². The van der Waals surface area contributed by atoms with Crippen LogP contribution in [0.3, 0.4) is 0 Å². The minimum Gasteiger partial charge on any atom is -0.478 e. The SMILES string of the molecule is CC1CCC(N(C)c2ncc(/C=C/C(=O)O)cn2)CC1. The van der Waals surface area contributed by atoms with Gasteiger partial charge in [0.15, 0.2) is 0 Å². The first-order valence-electron chi connectivity index (χ1n) is 7.02. The van der Waals surface area contributed by atoms with E-state index >= 15 is 0 Å². The van der Waals surface area contributed by atoms with Crippen LogP contribution >= 0.6 is 0 Å². The maximum Gasteiger partial charge on any atom is 0.328 e. The van der Waals surface area contributed by atoms with Crippen LogP contribution in [0.25, 0.3) is 6.08 Å². The molecule has 5 heteroatoms. The van der Waals surface area contributed by atoms with Crippen molar-refractivity contribution in [1.29, 1.82) is 0 Å². The van der Waals surface area contributed by atoms with Crippen LogP contribution < -0.4 is 4.90 Å². The first-order valence-corrected chi connectivity index (χ1v) is 7.02. The number of carboxylic acids is 1. The Labute approximate surface area is 119 Å². The number of nitrogens with zero attached hydrogens (tertiary/aromatic N) is 3. The van der Waals surface area contributed by atoms with Crippen LogP contribution in [0, 0.1) is 5.92 Å². The van der Waals surface area contributed by atoms with Gasteiger partial charge in [0.1, 0.15) is 0 Å². The molecule has 1 aliphatic carbocycles. The van der Waals surface area contributed by atoms with Crippen LogP contribution in [0.2, 0.25) is 0 Å². The average Bonchev–Trinajstić information content (AvgIpc) is 2.46. The van der Waals surface area contributed by atoms with Crippen molar-refractivity contribution in [2.75, 3.05) is 11.9 Å². The van der Waals surface area contributed by atoms with Gasteiger partial charge in [-0.1, -0.05) is 6.92 Å². The Kier molecular flexibility index (Phi) is 4.71. The monoisotopic (exact) mass is 275 g/mol. The Hall–Kier alpha value is -1.91. The molecular weight excluding hydrogens is 254 g/mol. The summed E-state index contributed by atoms with van der Waals surface area (Å²) >= 11 is 0. The van der Waals surface area contributed by atoms with Crippen molar-refractivity contribution in [1.82, 2.24) is 9.97 Å². The third-order valence-corrected chi connectivity index (χ3v) is 3.93. The summed E-state index contributed by atoms with van der Waals surface area (Å²) in [5.74, 6) is 0.559. The summed E-state index contributed by atoms with van der Waals surface area (Å²) in [5.41, 5.74) is 0.696. The predicted octanol–water partition coefficient (Wildman–Crippen LogP) is 2.59. The number of anilines is 1. The summed E-state index contributed by atoms with van der Waals surface area (Å²) in [6, 6.07) is 0.506. The van der Waals surface area contributed by atoms with Crippen LogP contribution in [0.1, 0.15) is 38.2 Å². The molecule has 1 heterocycles. The number of aliphatic carboxylic acids is 1. The zero-order chi connectivity index (χ0) is 14.5. The molecule has 0 aliphatic heterocycles. The molecule has 1 aromatic heterocycles. The second-order valence-electron chi connectivity index (χ2n) is 5.51. The summed E-state index contributed by atoms with van der Waals surface area (Å²) in [7, 11) is 2.03. The van der Waals surface area contributed by atoms with E-state index in [0.717, 1.165) is 12.0 Å². The number of rotatable bonds is 4. The highest BCUT2D eigenvalue weighted by Gasteiger charge is 2.22. The molecular formula is C15H21N3O2. The molecule has 0 amide bonds. The third kappa shape index (κ3) is 3.79. The van der Waals surface area contributed by atoms with Gasteiger partial charge in [-0.15, -0.1) is 0 Å². The van der Waals surface area contributed by atoms with Gasteiger partial charge in [0.05, 0.1) is 0 Å². The first-order chi connectivity index (χ1) is 9.56. The molecule has 0 radical (unpaired) electrons. The van der Waals surface area contributed by atoms with E-state index < -0.39 is 5.97 Å². The Bertz CT molecular complexity index is 476. The lowest BCUT2D eigenvalue weighted by Crippen LogP contribution is -2.35. The van der Waals surface area contributed by atoms with Gasteiger partial charge in [0.25, 0.3) is 0 Å². The second kappa shape index (κ2) is 6.50. The summed E-state index contributed by atoms with van der Waals surface area (Å²) in [4.78, 5) is 21.2. The quantitative estimate of drug-likeness (QED) is 0.855. The van der Waals surface area contributed by atoms with Gasteiger partial charge in [0.2, 0.25) is 5.95 Å². The molecule has 0 unspecified atom stereocenters. The molecule has 1 saturated carbocycles. The molecule has 0 saturated heterocycles. The van der Waals surface area contributed by atoms with Crippen molar-refractivity contribution in [3.05, 3.63) is 24.0 Å². The smallest absolute Gasteiger partial charge is 0.328 e. The van der Waals surface area contributed by atoms with Crippen LogP contribution in [0.5, 0.6) is 0 Å². The minimum atomic E-state index is -0.970. The molecule has 2 rings (SSSR count). The molecule has 0 spiro atoms. The summed E-state index contributed by atoms with van der Waals surface area (Å²) < 4.78 is 0. The molecule has 0 bridgehead atoms. The van der Waals surface area contributed by atoms with E-state index in [-0.39, 0.29) is 0 Å². The lowest BCUT2D eigenvalue weighted by Gasteiger charge is -2.33. The highest BCUT2D eigenvalue weighted by atomic mass is 16.4. The Morgan fingerprint density at radius 3 is 2.45 bits per heavy atom. The highest BCUT2D eigenvalue weighted by Crippen LogP contribution is 2.27. The van der Waals surface area contributed by atoms with Gasteiger partial charge >= 0.3 is 5.97 Å². The van der Waals surface area contributed by atoms with Gasteiger partial charge in [-0.3, -0.25) is 0 Å². The summed E-state index contributed by atoms with van der Waals surface area (Å²) in [6.07, 6.45) is 10.8. The number of carboxylic acid groups (broad SMARTS) is 1. The zero-order valence-corrected chi connectivity index (χ0v) is 12.0. The molecule has 0 aromatic carbocycles. The number of hydrogen-bond donors (Lipinski definition) is 1. The van der Waals surface area contributed by atoms with E-state index in [1.807, 2.05) is 7.05 Å². The van der Waals surface area contributed by atoms with E-state index in [2.05, 4.69) is 21.8 Å². The molecule has 0 atom stereocenters. The normalized spacial score (nSPS) is 22.9. The van der Waals surface area contributed by atoms with E-state index in [1.165, 1.54) is 31.8 Å². The van der Waals surface area contributed by atoms with Crippen molar-refractivity contribution < 1.29 is 9.90 Å². The lowest BCUT2D eigenvalue weighted by atomic mass is 9.87. The topological polar surface area (TPSA) is 66.3 Å². The lowest BCUT2D eigenvalue weighted by molar-refractivity contribution is -0.131. The summed E-state index contributed by atoms with van der Waals surface area (Å²) in [5, 5.41) is 8.57. The van der Waals surface area contributed by atoms with Gasteiger partial charge in [-0.25, -0.2) is 14.8 Å². The van der Waals surface area contributed by atoms with Crippen LogP contribution in [-0.2, 0) is 4.79 Å². The molecule has 1 aliphatic rings. The average molecular weight is 275 g/mol. The predicted molar refractivity (Wildman–Crippen MR) is 78.5 cm³/mol. The Morgan fingerprint density at radius 1 is 1.30 bits per heavy atom. The fourth-order valence-corrected chi connectivity index (χ4v) is 2.56. The first kappa shape index (κ1) is 14.5. The van der Waals surface area contributed by atoms with E-state index in [1.54, 1.807) is 12.4 Å². The number of aromatic nitrogens is 2. The maximum absolute atomic E-state index is 10.4. The van der Waals surface area contributed by atoms with Crippen molar-refractivity contribution in [2.45, 2.75) is 38.6 Å². The molecule has 20 heavy (non-hydrogen) atoms. The van der Waals surface area contributed by atoms with E-state index in [4.69, 9.17) is 5.11 Å². The van der Waals surface area contributed by atoms with E-state index in [0.29, 0.717) is 17.6 Å². The largest absolute Gasteiger partial charge is 0.478 e. The highest BCUT2D eigenvalue weighted by molar-refractivity contribution is 5.85. The Morgan fingerprint density at radius 2 is 1.90 bits per heavy atom. The van der Waals surface area contributed by atoms with Crippen LogP contribution in [-0.4, -0.2) is 34.1 Å². The van der Waals surface area contributed by atoms with E-state index in [9.17, 15) is 4.79 Å². The van der Waals surface area contributed by atoms with Crippen molar-refractivity contribution in [3.8, 4) is 0 Å². The number of hydrogen-bond acceptors (Lipinski definition) is 4. The Balaban J connectivity index is 2.00. The molecule has 5 nitrogen and oxygen atoms in total. The number of carbonyl (C=O) groups is 1. The summed E-state index contributed by atoms with van der Waals surface area (Å²) in [6.45, 7) is 2.30. The van der Waals surface area contributed by atoms with Crippen molar-refractivity contribution in [2.24, 2.45) is 5.92 Å². The standard InChI is InChI=1S/C15H21N3O2/c1-11-3-6-13(7-4-11)18(2)15-16-9-12(10-17-15)5-8-14(19)20/h5,8-11,13H,3-4,6-7H2,1-2H3,(H,19,20)/b8-5+. The van der Waals surface area contributed by atoms with Crippen molar-refractivity contribution >= 4 is 18.0 Å². The van der Waals surface area contributed by atoms with Crippen molar-refractivity contribution in [3.63, 3.8) is 0 Å².